The number of amides is 8. The van der Waals surface area contributed by atoms with Crippen molar-refractivity contribution in [3.63, 3.8) is 0 Å². The molecule has 87 heavy (non-hydrogen) atoms. The Morgan fingerprint density at radius 2 is 1.47 bits per heavy atom. The number of nitrogens with two attached hydrogens (primary N) is 1. The van der Waals surface area contributed by atoms with Crippen molar-refractivity contribution < 1.29 is 85.2 Å². The predicted molar refractivity (Wildman–Crippen MR) is 305 cm³/mol. The van der Waals surface area contributed by atoms with Gasteiger partial charge in [-0.15, -0.1) is 0 Å². The summed E-state index contributed by atoms with van der Waals surface area (Å²) in [7, 11) is 0. The zero-order chi connectivity index (χ0) is 64.9. The molecule has 0 saturated heterocycles. The van der Waals surface area contributed by atoms with E-state index >= 15 is 4.39 Å². The first-order valence-corrected chi connectivity index (χ1v) is 28.6. The van der Waals surface area contributed by atoms with Crippen molar-refractivity contribution in [3.05, 3.63) is 89.9 Å². The first-order chi connectivity index (χ1) is 40.8. The maximum Gasteiger partial charge on any atom is 0.490 e. The molecular formula is C59H79F5N10O13. The molecule has 5 rings (SSSR count). The van der Waals surface area contributed by atoms with Crippen LogP contribution in [-0.2, 0) is 54.5 Å². The number of imide groups is 1. The zero-order valence-corrected chi connectivity index (χ0v) is 49.5. The summed E-state index contributed by atoms with van der Waals surface area (Å²) in [5.41, 5.74) is 6.63. The minimum Gasteiger partial charge on any atom is -0.480 e. The molecule has 1 saturated carbocycles. The minimum atomic E-state index is -5.08. The van der Waals surface area contributed by atoms with Crippen LogP contribution in [0.4, 0.5) is 22.0 Å². The number of halogens is 5. The smallest absolute Gasteiger partial charge is 0.480 e. The molecular weight excluding hydrogens is 1150 g/mol. The number of imidazole rings is 1. The zero-order valence-electron chi connectivity index (χ0n) is 49.5. The van der Waals surface area contributed by atoms with Crippen LogP contribution in [0.3, 0.4) is 0 Å². The summed E-state index contributed by atoms with van der Waals surface area (Å²) in [5, 5.41) is 40.7. The van der Waals surface area contributed by atoms with Crippen LogP contribution in [0, 0.1) is 28.9 Å². The summed E-state index contributed by atoms with van der Waals surface area (Å²) in [6.45, 7) is 10.3. The number of nitrogens with zero attached hydrogens (tertiary/aromatic N) is 4. The van der Waals surface area contributed by atoms with Crippen LogP contribution in [0.1, 0.15) is 130 Å². The molecule has 7 atom stereocenters. The van der Waals surface area contributed by atoms with Crippen LogP contribution < -0.4 is 32.3 Å². The van der Waals surface area contributed by atoms with Crippen LogP contribution in [0.5, 0.6) is 0 Å². The van der Waals surface area contributed by atoms with Gasteiger partial charge in [-0.3, -0.25) is 43.3 Å². The van der Waals surface area contributed by atoms with Gasteiger partial charge in [0.15, 0.2) is 0 Å². The van der Waals surface area contributed by atoms with E-state index < -0.39 is 107 Å². The van der Waals surface area contributed by atoms with Crippen LogP contribution >= 0.6 is 0 Å². The van der Waals surface area contributed by atoms with Crippen LogP contribution in [0.25, 0.3) is 11.3 Å². The maximum absolute atomic E-state index is 15.1. The molecule has 1 aliphatic carbocycles. The van der Waals surface area contributed by atoms with Crippen molar-refractivity contribution in [2.75, 3.05) is 26.2 Å². The lowest BCUT2D eigenvalue weighted by Crippen LogP contribution is -2.56. The van der Waals surface area contributed by atoms with Crippen LogP contribution in [0.2, 0.25) is 0 Å². The highest BCUT2D eigenvalue weighted by Crippen LogP contribution is 2.40. The van der Waals surface area contributed by atoms with Gasteiger partial charge in [-0.2, -0.15) is 13.2 Å². The third-order valence-corrected chi connectivity index (χ3v) is 14.5. The Balaban J connectivity index is 0.00000217. The molecule has 0 spiro atoms. The van der Waals surface area contributed by atoms with Gasteiger partial charge in [0.25, 0.3) is 11.8 Å². The number of carboxylic acids is 2. The average molecular weight is 1230 g/mol. The van der Waals surface area contributed by atoms with E-state index in [1.54, 1.807) is 24.6 Å². The Kier molecular flexibility index (Phi) is 27.2. The molecule has 478 valence electrons. The highest BCUT2D eigenvalue weighted by atomic mass is 19.4. The molecule has 2 aliphatic rings. The number of aliphatic hydroxyl groups excluding tert-OH is 1. The Morgan fingerprint density at radius 1 is 0.816 bits per heavy atom. The highest BCUT2D eigenvalue weighted by Gasteiger charge is 2.40. The molecule has 23 nitrogen and oxygen atoms in total. The number of nitrogens with one attached hydrogen (secondary N) is 5. The summed E-state index contributed by atoms with van der Waals surface area (Å²) >= 11 is 0. The highest BCUT2D eigenvalue weighted by molar-refractivity contribution is 6.12. The van der Waals surface area contributed by atoms with Gasteiger partial charge in [-0.05, 0) is 99.8 Å². The monoisotopic (exact) mass is 1230 g/mol. The number of aromatic nitrogens is 2. The SMILES string of the molecule is CC(C)[C@H](NC(=O)CCCCCN1C(=O)C=CC1=O)C(=O)N[C@@H](C)C(=O)N[C@@H](CCCCNC(=O)[C@@H]1CC[C@H](NC(=O)[C@@H](N)CCN(C(=O)CO)[C@@H](c2nc(-c3cc(F)ccc3F)cn2Cc2ccccc2)C(C)(C)C)C1)C(=O)O.O=C(O)C(F)(F)F. The Hall–Kier alpha value is -8.14. The van der Waals surface area contributed by atoms with Crippen molar-refractivity contribution in [2.24, 2.45) is 23.0 Å². The summed E-state index contributed by atoms with van der Waals surface area (Å²) in [5.74, 6) is -9.72. The molecule has 10 N–H and O–H groups in total. The maximum atomic E-state index is 15.1. The Labute approximate surface area is 500 Å². The number of aliphatic hydroxyl groups is 1. The number of carbonyl (C=O) groups is 10. The van der Waals surface area contributed by atoms with Gasteiger partial charge >= 0.3 is 18.1 Å². The molecule has 0 unspecified atom stereocenters. The summed E-state index contributed by atoms with van der Waals surface area (Å²) in [6.07, 6.45) is 2.58. The van der Waals surface area contributed by atoms with E-state index in [0.29, 0.717) is 57.2 Å². The third kappa shape index (κ3) is 22.3. The molecule has 0 radical (unpaired) electrons. The molecule has 2 aromatic carbocycles. The van der Waals surface area contributed by atoms with Crippen LogP contribution in [-0.4, -0.2) is 156 Å². The summed E-state index contributed by atoms with van der Waals surface area (Å²) in [4.78, 5) is 131. The Morgan fingerprint density at radius 3 is 2.07 bits per heavy atom. The second-order valence-electron chi connectivity index (χ2n) is 22.8. The van der Waals surface area contributed by atoms with E-state index in [4.69, 9.17) is 20.6 Å². The fourth-order valence-corrected chi connectivity index (χ4v) is 9.85. The number of unbranched alkanes of at least 4 members (excludes halogenated alkanes) is 3. The fraction of sp³-hybridized carbons (Fsp3) is 0.542. The molecule has 0 bridgehead atoms. The molecule has 1 fully saturated rings. The standard InChI is InChI=1S/C57H78F2N10O11.C2HF3O2/c1-34(2)49(66-45(71)18-11-8-14-27-68-46(72)23-24-47(68)73)55(78)62-35(3)52(75)65-43(56(79)80)17-12-13-26-61-53(76)37-19-21-39(29-37)63-54(77)42(60)25-28-69(48(74)33-70)50(57(4,5)6)51-64-44(40-30-38(58)20-22-41(40)59)32-67(51)31-36-15-9-7-10-16-36;3-2(4,5)1(6)7/h7,9-10,15-16,20,22-24,30,32,34-35,37,39,42-43,49-50,70H,8,11-14,17-19,21,25-29,31,33,60H2,1-6H3,(H,61,76)(H,62,78)(H,63,77)(H,65,75)(H,66,71)(H,79,80);(H,6,7)/t35-,37+,39-,42-,43-,49-,50-;/m0./s1. The predicted octanol–water partition coefficient (Wildman–Crippen LogP) is 4.41. The number of aliphatic carboxylic acids is 2. The number of benzene rings is 2. The number of hydrogen-bond donors (Lipinski definition) is 9. The quantitative estimate of drug-likeness (QED) is 0.0254. The molecule has 3 aromatic rings. The van der Waals surface area contributed by atoms with E-state index in [2.05, 4.69) is 26.6 Å². The van der Waals surface area contributed by atoms with E-state index in [1.807, 2.05) is 51.1 Å². The summed E-state index contributed by atoms with van der Waals surface area (Å²) in [6, 6.07) is 6.72. The average Bonchev–Trinajstić information content (AvgIpc) is 1.78. The number of alkyl halides is 3. The van der Waals surface area contributed by atoms with E-state index in [9.17, 15) is 70.9 Å². The fourth-order valence-electron chi connectivity index (χ4n) is 9.85. The van der Waals surface area contributed by atoms with Crippen molar-refractivity contribution in [1.29, 1.82) is 0 Å². The van der Waals surface area contributed by atoms with E-state index in [1.165, 1.54) is 24.0 Å². The van der Waals surface area contributed by atoms with E-state index in [0.717, 1.165) is 28.7 Å². The van der Waals surface area contributed by atoms with Gasteiger partial charge in [0, 0.05) is 68.5 Å². The number of carbonyl (C=O) groups excluding carboxylic acids is 8. The molecule has 1 aliphatic heterocycles. The van der Waals surface area contributed by atoms with Crippen molar-refractivity contribution >= 4 is 59.2 Å². The number of carboxylic acid groups (broad SMARTS) is 2. The first kappa shape index (κ1) is 71.3. The van der Waals surface area contributed by atoms with Crippen molar-refractivity contribution in [3.8, 4) is 11.3 Å². The van der Waals surface area contributed by atoms with Gasteiger partial charge in [0.2, 0.25) is 35.4 Å². The number of rotatable bonds is 30. The van der Waals surface area contributed by atoms with Gasteiger partial charge in [0.05, 0.1) is 17.8 Å². The second-order valence-corrected chi connectivity index (χ2v) is 22.8. The molecule has 8 amide bonds. The lowest BCUT2D eigenvalue weighted by Gasteiger charge is -2.40. The van der Waals surface area contributed by atoms with Gasteiger partial charge in [0.1, 0.15) is 42.2 Å². The van der Waals surface area contributed by atoms with Gasteiger partial charge in [-0.25, -0.2) is 23.4 Å². The Bertz CT molecular complexity index is 2920. The molecule has 28 heteroatoms. The molecule has 2 heterocycles. The largest absolute Gasteiger partial charge is 0.490 e. The van der Waals surface area contributed by atoms with E-state index in [-0.39, 0.29) is 86.4 Å². The van der Waals surface area contributed by atoms with Crippen molar-refractivity contribution in [1.82, 2.24) is 45.9 Å². The van der Waals surface area contributed by atoms with Gasteiger partial charge < -0.3 is 57.1 Å². The number of hydrogen-bond acceptors (Lipinski definition) is 13. The molecule has 1 aromatic heterocycles. The van der Waals surface area contributed by atoms with Crippen molar-refractivity contribution in [2.45, 2.75) is 161 Å². The summed E-state index contributed by atoms with van der Waals surface area (Å²) < 4.78 is 63.1. The van der Waals surface area contributed by atoms with Crippen LogP contribution in [0.15, 0.2) is 66.9 Å². The normalized spacial score (nSPS) is 16.6. The minimum absolute atomic E-state index is 0.0211. The lowest BCUT2D eigenvalue weighted by atomic mass is 9.84. The lowest BCUT2D eigenvalue weighted by molar-refractivity contribution is -0.192. The third-order valence-electron chi connectivity index (χ3n) is 14.5. The first-order valence-electron chi connectivity index (χ1n) is 28.6. The second kappa shape index (κ2) is 33.1. The van der Waals surface area contributed by atoms with Gasteiger partial charge in [-0.1, -0.05) is 71.4 Å². The topological polar surface area (TPSA) is 342 Å².